The molecular formula is C28H21ClF6O3. The van der Waals surface area contributed by atoms with Crippen molar-refractivity contribution in [1.29, 1.82) is 0 Å². The van der Waals surface area contributed by atoms with Crippen molar-refractivity contribution in [2.75, 3.05) is 0 Å². The van der Waals surface area contributed by atoms with E-state index in [1.165, 1.54) is 36.4 Å². The van der Waals surface area contributed by atoms with E-state index in [0.29, 0.717) is 11.1 Å². The fourth-order valence-electron chi connectivity index (χ4n) is 3.79. The van der Waals surface area contributed by atoms with Crippen LogP contribution in [0.1, 0.15) is 22.3 Å². The van der Waals surface area contributed by atoms with Gasteiger partial charge in [0.05, 0.1) is 11.1 Å². The highest BCUT2D eigenvalue weighted by Gasteiger charge is 2.35. The van der Waals surface area contributed by atoms with E-state index in [4.69, 9.17) is 9.47 Å². The normalized spacial score (nSPS) is 11.5. The lowest BCUT2D eigenvalue weighted by Gasteiger charge is -2.19. The zero-order chi connectivity index (χ0) is 26.6. The number of para-hydroxylation sites is 2. The molecule has 1 N–H and O–H groups in total. The second-order valence-electron chi connectivity index (χ2n) is 8.03. The molecule has 0 aliphatic rings. The van der Waals surface area contributed by atoms with Crippen molar-refractivity contribution in [2.24, 2.45) is 0 Å². The average Bonchev–Trinajstić information content (AvgIpc) is 2.87. The first-order chi connectivity index (χ1) is 17.6. The molecular weight excluding hydrogens is 534 g/mol. The van der Waals surface area contributed by atoms with Crippen molar-refractivity contribution in [3.05, 3.63) is 113 Å². The highest BCUT2D eigenvalue weighted by Crippen LogP contribution is 2.40. The number of halogens is 7. The molecule has 4 aromatic rings. The molecule has 200 valence electrons. The van der Waals surface area contributed by atoms with E-state index in [1.807, 2.05) is 0 Å². The van der Waals surface area contributed by atoms with Crippen molar-refractivity contribution in [3.63, 3.8) is 0 Å². The zero-order valence-corrected chi connectivity index (χ0v) is 20.3. The van der Waals surface area contributed by atoms with Gasteiger partial charge in [-0.25, -0.2) is 0 Å². The van der Waals surface area contributed by atoms with Crippen LogP contribution in [0, 0.1) is 0 Å². The van der Waals surface area contributed by atoms with Gasteiger partial charge in [-0.15, -0.1) is 12.4 Å². The Bertz CT molecular complexity index is 1370. The maximum absolute atomic E-state index is 13.4. The zero-order valence-electron chi connectivity index (χ0n) is 19.5. The SMILES string of the molecule is Cl.Oc1c(COc2ccccc2C(F)(F)F)ccc(-c2ccccc2)c1COc1ccccc1C(F)(F)F. The Hall–Kier alpha value is -3.85. The summed E-state index contributed by atoms with van der Waals surface area (Å²) in [6, 6.07) is 21.2. The lowest BCUT2D eigenvalue weighted by atomic mass is 9.96. The van der Waals surface area contributed by atoms with Crippen LogP contribution in [0.2, 0.25) is 0 Å². The minimum atomic E-state index is -4.65. The molecule has 0 aliphatic carbocycles. The number of phenols is 1. The van der Waals surface area contributed by atoms with Crippen LogP contribution in [0.25, 0.3) is 11.1 Å². The lowest BCUT2D eigenvalue weighted by molar-refractivity contribution is -0.139. The molecule has 0 spiro atoms. The van der Waals surface area contributed by atoms with Gasteiger partial charge in [-0.2, -0.15) is 26.3 Å². The quantitative estimate of drug-likeness (QED) is 0.232. The van der Waals surface area contributed by atoms with Crippen LogP contribution >= 0.6 is 12.4 Å². The summed E-state index contributed by atoms with van der Waals surface area (Å²) in [6.45, 7) is -0.851. The summed E-state index contributed by atoms with van der Waals surface area (Å²) in [7, 11) is 0. The molecule has 0 atom stereocenters. The molecule has 0 unspecified atom stereocenters. The standard InChI is InChI=1S/C28H20F6O3.ClH/c29-27(30,31)22-10-4-6-12-24(22)36-16-19-14-15-20(18-8-2-1-3-9-18)21(26(19)35)17-37-25-13-7-5-11-23(25)28(32,33)34;/h1-15,35H,16-17H2;1H. The number of alkyl halides is 6. The number of benzene rings is 4. The number of rotatable bonds is 7. The van der Waals surface area contributed by atoms with Gasteiger partial charge in [0, 0.05) is 11.1 Å². The third-order valence-electron chi connectivity index (χ3n) is 5.59. The van der Waals surface area contributed by atoms with Gasteiger partial charge in [0.2, 0.25) is 0 Å². The van der Waals surface area contributed by atoms with Gasteiger partial charge >= 0.3 is 12.4 Å². The van der Waals surface area contributed by atoms with E-state index < -0.39 is 48.2 Å². The average molecular weight is 555 g/mol. The molecule has 0 aromatic heterocycles. The van der Waals surface area contributed by atoms with Crippen LogP contribution in [-0.4, -0.2) is 5.11 Å². The molecule has 4 aromatic carbocycles. The Morgan fingerprint density at radius 2 is 1.05 bits per heavy atom. The summed E-state index contributed by atoms with van der Waals surface area (Å²) in [5.41, 5.74) is -0.494. The molecule has 3 nitrogen and oxygen atoms in total. The first-order valence-electron chi connectivity index (χ1n) is 11.0. The monoisotopic (exact) mass is 554 g/mol. The molecule has 4 rings (SSSR count). The van der Waals surface area contributed by atoms with E-state index in [2.05, 4.69) is 0 Å². The molecule has 0 radical (unpaired) electrons. The maximum Gasteiger partial charge on any atom is 0.419 e. The summed E-state index contributed by atoms with van der Waals surface area (Å²) in [4.78, 5) is 0. The maximum atomic E-state index is 13.4. The van der Waals surface area contributed by atoms with Gasteiger partial charge in [0.25, 0.3) is 0 Å². The van der Waals surface area contributed by atoms with Gasteiger partial charge < -0.3 is 14.6 Å². The number of hydrogen-bond donors (Lipinski definition) is 1. The van der Waals surface area contributed by atoms with Crippen LogP contribution < -0.4 is 9.47 Å². The van der Waals surface area contributed by atoms with E-state index in [1.54, 1.807) is 36.4 Å². The Kier molecular flexibility index (Phi) is 8.83. The van der Waals surface area contributed by atoms with Crippen molar-refractivity contribution >= 4 is 12.4 Å². The first-order valence-corrected chi connectivity index (χ1v) is 11.0. The second-order valence-corrected chi connectivity index (χ2v) is 8.03. The van der Waals surface area contributed by atoms with Crippen molar-refractivity contribution in [3.8, 4) is 28.4 Å². The fourth-order valence-corrected chi connectivity index (χ4v) is 3.79. The Labute approximate surface area is 220 Å². The minimum absolute atomic E-state index is 0. The van der Waals surface area contributed by atoms with Crippen LogP contribution in [0.15, 0.2) is 91.0 Å². The number of ether oxygens (including phenoxy) is 2. The van der Waals surface area contributed by atoms with Crippen molar-refractivity contribution in [2.45, 2.75) is 25.6 Å². The molecule has 0 aliphatic heterocycles. The largest absolute Gasteiger partial charge is 0.507 e. The van der Waals surface area contributed by atoms with Crippen molar-refractivity contribution in [1.82, 2.24) is 0 Å². The molecule has 0 fully saturated rings. The highest BCUT2D eigenvalue weighted by molar-refractivity contribution is 5.85. The third kappa shape index (κ3) is 6.52. The topological polar surface area (TPSA) is 38.7 Å². The third-order valence-corrected chi connectivity index (χ3v) is 5.59. The van der Waals surface area contributed by atoms with Crippen LogP contribution in [-0.2, 0) is 25.6 Å². The predicted molar refractivity (Wildman–Crippen MR) is 132 cm³/mol. The predicted octanol–water partition coefficient (Wildman–Crippen LogP) is 8.68. The number of aromatic hydroxyl groups is 1. The van der Waals surface area contributed by atoms with Crippen molar-refractivity contribution < 1.29 is 40.9 Å². The van der Waals surface area contributed by atoms with E-state index in [9.17, 15) is 31.4 Å². The molecule has 0 heterocycles. The molecule has 0 bridgehead atoms. The molecule has 38 heavy (non-hydrogen) atoms. The highest BCUT2D eigenvalue weighted by atomic mass is 35.5. The Morgan fingerprint density at radius 1 is 0.579 bits per heavy atom. The van der Waals surface area contributed by atoms with Crippen LogP contribution in [0.3, 0.4) is 0 Å². The Balaban J connectivity index is 0.00000400. The van der Waals surface area contributed by atoms with Crippen LogP contribution in [0.5, 0.6) is 17.2 Å². The molecule has 10 heteroatoms. The fraction of sp³-hybridized carbons (Fsp3) is 0.143. The summed E-state index contributed by atoms with van der Waals surface area (Å²) in [5.74, 6) is -1.19. The minimum Gasteiger partial charge on any atom is -0.507 e. The summed E-state index contributed by atoms with van der Waals surface area (Å²) < 4.78 is 91.1. The molecule has 0 amide bonds. The molecule has 0 saturated heterocycles. The molecule has 0 saturated carbocycles. The summed E-state index contributed by atoms with van der Waals surface area (Å²) in [5, 5.41) is 11.0. The van der Waals surface area contributed by atoms with Gasteiger partial charge in [0.15, 0.2) is 0 Å². The van der Waals surface area contributed by atoms with E-state index >= 15 is 0 Å². The number of hydrogen-bond acceptors (Lipinski definition) is 3. The summed E-state index contributed by atoms with van der Waals surface area (Å²) in [6.07, 6.45) is -9.29. The number of phenolic OH excluding ortho intramolecular Hbond substituents is 1. The summed E-state index contributed by atoms with van der Waals surface area (Å²) >= 11 is 0. The van der Waals surface area contributed by atoms with E-state index in [0.717, 1.165) is 18.2 Å². The lowest BCUT2D eigenvalue weighted by Crippen LogP contribution is -2.10. The van der Waals surface area contributed by atoms with Gasteiger partial charge in [-0.1, -0.05) is 66.7 Å². The second kappa shape index (κ2) is 11.7. The van der Waals surface area contributed by atoms with Gasteiger partial charge in [-0.05, 0) is 35.4 Å². The van der Waals surface area contributed by atoms with Gasteiger partial charge in [0.1, 0.15) is 30.5 Å². The Morgan fingerprint density at radius 3 is 1.58 bits per heavy atom. The smallest absolute Gasteiger partial charge is 0.419 e. The van der Waals surface area contributed by atoms with Crippen LogP contribution in [0.4, 0.5) is 26.3 Å². The van der Waals surface area contributed by atoms with E-state index in [-0.39, 0.29) is 29.3 Å². The van der Waals surface area contributed by atoms with Gasteiger partial charge in [-0.3, -0.25) is 0 Å². The first kappa shape index (κ1) is 28.7.